The fourth-order valence-electron chi connectivity index (χ4n) is 2.46. The van der Waals surface area contributed by atoms with Gasteiger partial charge in [-0.1, -0.05) is 23.2 Å². The van der Waals surface area contributed by atoms with Gasteiger partial charge in [-0.3, -0.25) is 15.0 Å². The van der Waals surface area contributed by atoms with Crippen LogP contribution in [0.2, 0.25) is 10.0 Å². The molecular weight excluding hydrogens is 333 g/mol. The number of anilines is 1. The predicted octanol–water partition coefficient (Wildman–Crippen LogP) is 0.984. The highest BCUT2D eigenvalue weighted by Crippen LogP contribution is 2.35. The van der Waals surface area contributed by atoms with Gasteiger partial charge < -0.3 is 4.74 Å². The van der Waals surface area contributed by atoms with Gasteiger partial charge in [-0.05, 0) is 18.2 Å². The number of rotatable bonds is 2. The van der Waals surface area contributed by atoms with Gasteiger partial charge in [-0.15, -0.1) is 0 Å². The standard InChI is InChI=1S/C13H9Cl2N3O4/c1-22-13(21)10-8-9(16-17-10)12(20)18(11(8)19)7-3-2-5(14)4-6(7)15/h2-4,8-9,16H,1H3/t8-,9+/m0/s1. The summed E-state index contributed by atoms with van der Waals surface area (Å²) in [5.74, 6) is -2.91. The quantitative estimate of drug-likeness (QED) is 0.640. The van der Waals surface area contributed by atoms with Crippen LogP contribution in [-0.2, 0) is 19.1 Å². The lowest BCUT2D eigenvalue weighted by Crippen LogP contribution is -2.36. The van der Waals surface area contributed by atoms with Gasteiger partial charge in [0.15, 0.2) is 5.71 Å². The van der Waals surface area contributed by atoms with Gasteiger partial charge in [0.2, 0.25) is 5.91 Å². The average molecular weight is 342 g/mol. The van der Waals surface area contributed by atoms with Crippen molar-refractivity contribution >= 4 is 52.4 Å². The summed E-state index contributed by atoms with van der Waals surface area (Å²) >= 11 is 11.9. The number of benzene rings is 1. The Morgan fingerprint density at radius 1 is 1.32 bits per heavy atom. The van der Waals surface area contributed by atoms with Crippen LogP contribution in [0.1, 0.15) is 0 Å². The van der Waals surface area contributed by atoms with Crippen LogP contribution in [0.25, 0.3) is 0 Å². The minimum Gasteiger partial charge on any atom is -0.464 e. The Bertz CT molecular complexity index is 734. The van der Waals surface area contributed by atoms with Crippen molar-refractivity contribution in [1.82, 2.24) is 5.43 Å². The molecule has 2 atom stereocenters. The Labute approximate surface area is 134 Å². The zero-order chi connectivity index (χ0) is 16.0. The summed E-state index contributed by atoms with van der Waals surface area (Å²) in [5.41, 5.74) is 2.58. The molecule has 3 rings (SSSR count). The zero-order valence-corrected chi connectivity index (χ0v) is 12.7. The summed E-state index contributed by atoms with van der Waals surface area (Å²) in [6, 6.07) is 3.47. The summed E-state index contributed by atoms with van der Waals surface area (Å²) in [7, 11) is 1.17. The highest BCUT2D eigenvalue weighted by Gasteiger charge is 2.56. The summed E-state index contributed by atoms with van der Waals surface area (Å²) in [5, 5.41) is 4.26. The topological polar surface area (TPSA) is 88.1 Å². The zero-order valence-electron chi connectivity index (χ0n) is 11.2. The van der Waals surface area contributed by atoms with Gasteiger partial charge in [0.1, 0.15) is 12.0 Å². The summed E-state index contributed by atoms with van der Waals surface area (Å²) in [4.78, 5) is 37.5. The molecule has 1 fully saturated rings. The molecule has 2 heterocycles. The van der Waals surface area contributed by atoms with Gasteiger partial charge in [0, 0.05) is 5.02 Å². The van der Waals surface area contributed by atoms with Crippen LogP contribution in [0, 0.1) is 5.92 Å². The van der Waals surface area contributed by atoms with Gasteiger partial charge in [-0.2, -0.15) is 5.10 Å². The first-order valence-electron chi connectivity index (χ1n) is 6.20. The lowest BCUT2D eigenvalue weighted by atomic mass is 9.99. The molecule has 0 aromatic heterocycles. The van der Waals surface area contributed by atoms with E-state index < -0.39 is 29.7 Å². The molecule has 0 spiro atoms. The Hall–Kier alpha value is -2.12. The van der Waals surface area contributed by atoms with E-state index in [2.05, 4.69) is 15.3 Å². The fourth-order valence-corrected chi connectivity index (χ4v) is 2.96. The molecule has 7 nitrogen and oxygen atoms in total. The normalized spacial score (nSPS) is 23.2. The molecule has 0 aliphatic carbocycles. The third-order valence-corrected chi connectivity index (χ3v) is 4.01. The van der Waals surface area contributed by atoms with Crippen LogP contribution in [0.5, 0.6) is 0 Å². The van der Waals surface area contributed by atoms with E-state index in [1.54, 1.807) is 0 Å². The minimum absolute atomic E-state index is 0.126. The predicted molar refractivity (Wildman–Crippen MR) is 78.8 cm³/mol. The van der Waals surface area contributed by atoms with Crippen molar-refractivity contribution in [3.05, 3.63) is 28.2 Å². The Morgan fingerprint density at radius 2 is 2.05 bits per heavy atom. The van der Waals surface area contributed by atoms with Crippen molar-refractivity contribution in [2.75, 3.05) is 12.0 Å². The number of carbonyl (C=O) groups is 3. The highest BCUT2D eigenvalue weighted by atomic mass is 35.5. The molecule has 2 aliphatic heterocycles. The van der Waals surface area contributed by atoms with E-state index in [4.69, 9.17) is 23.2 Å². The number of hydrogen-bond donors (Lipinski definition) is 1. The molecule has 0 bridgehead atoms. The van der Waals surface area contributed by atoms with Crippen molar-refractivity contribution in [1.29, 1.82) is 0 Å². The van der Waals surface area contributed by atoms with E-state index in [9.17, 15) is 14.4 Å². The maximum atomic E-state index is 12.6. The van der Waals surface area contributed by atoms with Crippen LogP contribution < -0.4 is 10.3 Å². The van der Waals surface area contributed by atoms with Gasteiger partial charge in [0.05, 0.1) is 17.8 Å². The second kappa shape index (κ2) is 5.26. The van der Waals surface area contributed by atoms with Crippen LogP contribution in [0.3, 0.4) is 0 Å². The molecule has 2 aliphatic rings. The molecule has 0 saturated carbocycles. The highest BCUT2D eigenvalue weighted by molar-refractivity contribution is 6.47. The van der Waals surface area contributed by atoms with E-state index in [1.807, 2.05) is 0 Å². The average Bonchev–Trinajstić information content (AvgIpc) is 3.01. The fraction of sp³-hybridized carbons (Fsp3) is 0.231. The minimum atomic E-state index is -1.02. The number of nitrogens with one attached hydrogen (secondary N) is 1. The Balaban J connectivity index is 2.00. The lowest BCUT2D eigenvalue weighted by Gasteiger charge is -2.17. The Morgan fingerprint density at radius 3 is 2.68 bits per heavy atom. The number of amides is 2. The third-order valence-electron chi connectivity index (χ3n) is 3.47. The van der Waals surface area contributed by atoms with Crippen molar-refractivity contribution in [2.24, 2.45) is 11.0 Å². The summed E-state index contributed by atoms with van der Waals surface area (Å²) < 4.78 is 4.57. The number of hydrogen-bond acceptors (Lipinski definition) is 6. The first kappa shape index (κ1) is 14.8. The van der Waals surface area contributed by atoms with E-state index in [1.165, 1.54) is 25.3 Å². The molecule has 1 aromatic carbocycles. The van der Waals surface area contributed by atoms with Crippen LogP contribution >= 0.6 is 23.2 Å². The summed E-state index contributed by atoms with van der Waals surface area (Å²) in [6.07, 6.45) is 0. The summed E-state index contributed by atoms with van der Waals surface area (Å²) in [6.45, 7) is 0. The number of halogens is 2. The SMILES string of the molecule is COC(=O)C1=NN[C@H]2C(=O)N(c3ccc(Cl)cc3Cl)C(=O)[C@H]12. The van der Waals surface area contributed by atoms with Crippen LogP contribution in [-0.4, -0.2) is 36.6 Å². The maximum absolute atomic E-state index is 12.6. The largest absolute Gasteiger partial charge is 0.464 e. The molecule has 0 radical (unpaired) electrons. The number of carbonyl (C=O) groups excluding carboxylic acids is 3. The van der Waals surface area contributed by atoms with Crippen molar-refractivity contribution in [2.45, 2.75) is 6.04 Å². The first-order valence-corrected chi connectivity index (χ1v) is 6.95. The number of imide groups is 1. The smallest absolute Gasteiger partial charge is 0.355 e. The lowest BCUT2D eigenvalue weighted by molar-refractivity contribution is -0.133. The van der Waals surface area contributed by atoms with E-state index in [0.29, 0.717) is 5.02 Å². The molecule has 1 saturated heterocycles. The number of methoxy groups -OCH3 is 1. The molecule has 0 unspecified atom stereocenters. The van der Waals surface area contributed by atoms with Crippen molar-refractivity contribution in [3.8, 4) is 0 Å². The van der Waals surface area contributed by atoms with Crippen LogP contribution in [0.15, 0.2) is 23.3 Å². The maximum Gasteiger partial charge on any atom is 0.355 e. The molecule has 9 heteroatoms. The van der Waals surface area contributed by atoms with Crippen molar-refractivity contribution in [3.63, 3.8) is 0 Å². The first-order chi connectivity index (χ1) is 10.5. The van der Waals surface area contributed by atoms with E-state index in [-0.39, 0.29) is 16.4 Å². The van der Waals surface area contributed by atoms with Gasteiger partial charge in [-0.25, -0.2) is 9.69 Å². The van der Waals surface area contributed by atoms with E-state index in [0.717, 1.165) is 4.90 Å². The molecular formula is C13H9Cl2N3O4. The molecule has 22 heavy (non-hydrogen) atoms. The number of hydrazone groups is 1. The second-order valence-electron chi connectivity index (χ2n) is 4.68. The van der Waals surface area contributed by atoms with E-state index >= 15 is 0 Å². The molecule has 114 valence electrons. The molecule has 2 amide bonds. The second-order valence-corrected chi connectivity index (χ2v) is 5.52. The number of esters is 1. The number of ether oxygens (including phenoxy) is 1. The van der Waals surface area contributed by atoms with Crippen LogP contribution in [0.4, 0.5) is 5.69 Å². The monoisotopic (exact) mass is 341 g/mol. The number of fused-ring (bicyclic) bond motifs is 1. The van der Waals surface area contributed by atoms with Gasteiger partial charge >= 0.3 is 5.97 Å². The van der Waals surface area contributed by atoms with Gasteiger partial charge in [0.25, 0.3) is 5.91 Å². The number of nitrogens with zero attached hydrogens (tertiary/aromatic N) is 2. The van der Waals surface area contributed by atoms with Crippen molar-refractivity contribution < 1.29 is 19.1 Å². The Kier molecular flexibility index (Phi) is 3.54. The third kappa shape index (κ3) is 2.05. The molecule has 1 N–H and O–H groups in total. The molecule has 1 aromatic rings.